The number of halogens is 1. The second kappa shape index (κ2) is 5.49. The standard InChI is InChI=1S/C13H10BrN5O2/c1-21-13(20)8-2-4-9(5-3-8)18-11-12-16-7-17-19(12)10(14)6-15-11/h2-7H,1H3,(H,15,18). The van der Waals surface area contributed by atoms with E-state index in [-0.39, 0.29) is 5.97 Å². The molecule has 2 aromatic heterocycles. The molecule has 0 atom stereocenters. The van der Waals surface area contributed by atoms with E-state index in [1.807, 2.05) is 0 Å². The van der Waals surface area contributed by atoms with Crippen LogP contribution in [0.3, 0.4) is 0 Å². The molecular formula is C13H10BrN5O2. The minimum atomic E-state index is -0.372. The molecule has 0 aliphatic carbocycles. The van der Waals surface area contributed by atoms with Gasteiger partial charge in [-0.3, -0.25) is 0 Å². The highest BCUT2D eigenvalue weighted by Crippen LogP contribution is 2.21. The second-order valence-corrected chi connectivity index (χ2v) is 4.93. The first-order chi connectivity index (χ1) is 10.2. The first-order valence-corrected chi connectivity index (χ1v) is 6.78. The van der Waals surface area contributed by atoms with Gasteiger partial charge in [0.15, 0.2) is 11.5 Å². The number of fused-ring (bicyclic) bond motifs is 1. The number of hydrogen-bond donors (Lipinski definition) is 1. The Balaban J connectivity index is 1.90. The summed E-state index contributed by atoms with van der Waals surface area (Å²) in [6.45, 7) is 0. The Kier molecular flexibility index (Phi) is 3.53. The number of aromatic nitrogens is 4. The topological polar surface area (TPSA) is 81.4 Å². The van der Waals surface area contributed by atoms with Gasteiger partial charge in [-0.1, -0.05) is 0 Å². The lowest BCUT2D eigenvalue weighted by Crippen LogP contribution is -2.02. The monoisotopic (exact) mass is 347 g/mol. The van der Waals surface area contributed by atoms with Gasteiger partial charge in [0.1, 0.15) is 10.9 Å². The van der Waals surface area contributed by atoms with Crippen molar-refractivity contribution in [2.24, 2.45) is 0 Å². The number of nitrogens with one attached hydrogen (secondary N) is 1. The van der Waals surface area contributed by atoms with E-state index in [9.17, 15) is 4.79 Å². The van der Waals surface area contributed by atoms with Crippen LogP contribution in [0.5, 0.6) is 0 Å². The first-order valence-electron chi connectivity index (χ1n) is 5.98. The summed E-state index contributed by atoms with van der Waals surface area (Å²) in [7, 11) is 1.35. The van der Waals surface area contributed by atoms with E-state index in [2.05, 4.69) is 41.1 Å². The van der Waals surface area contributed by atoms with Gasteiger partial charge < -0.3 is 10.1 Å². The molecule has 0 saturated carbocycles. The molecule has 0 aliphatic heterocycles. The molecule has 0 spiro atoms. The molecule has 0 radical (unpaired) electrons. The Morgan fingerprint density at radius 3 is 2.76 bits per heavy atom. The molecule has 2 heterocycles. The fraction of sp³-hybridized carbons (Fsp3) is 0.0769. The van der Waals surface area contributed by atoms with E-state index in [1.54, 1.807) is 35.0 Å². The maximum absolute atomic E-state index is 11.4. The van der Waals surface area contributed by atoms with Gasteiger partial charge in [-0.25, -0.2) is 19.3 Å². The van der Waals surface area contributed by atoms with Crippen LogP contribution in [0.2, 0.25) is 0 Å². The second-order valence-electron chi connectivity index (χ2n) is 4.12. The zero-order chi connectivity index (χ0) is 14.8. The zero-order valence-corrected chi connectivity index (χ0v) is 12.5. The molecule has 21 heavy (non-hydrogen) atoms. The molecule has 1 aromatic carbocycles. The SMILES string of the molecule is COC(=O)c1ccc(Nc2ncc(Br)n3ncnc23)cc1. The van der Waals surface area contributed by atoms with Crippen LogP contribution in [-0.2, 0) is 4.74 Å². The number of hydrogen-bond acceptors (Lipinski definition) is 6. The highest BCUT2D eigenvalue weighted by molar-refractivity contribution is 9.10. The normalized spacial score (nSPS) is 10.6. The molecule has 7 nitrogen and oxygen atoms in total. The van der Waals surface area contributed by atoms with Gasteiger partial charge in [-0.05, 0) is 40.2 Å². The molecule has 0 bridgehead atoms. The number of rotatable bonds is 3. The van der Waals surface area contributed by atoms with Crippen LogP contribution >= 0.6 is 15.9 Å². The van der Waals surface area contributed by atoms with Gasteiger partial charge in [-0.15, -0.1) is 0 Å². The number of esters is 1. The predicted molar refractivity (Wildman–Crippen MR) is 79.5 cm³/mol. The number of nitrogens with zero attached hydrogens (tertiary/aromatic N) is 4. The maximum Gasteiger partial charge on any atom is 0.337 e. The summed E-state index contributed by atoms with van der Waals surface area (Å²) in [6.07, 6.45) is 3.08. The first kappa shape index (κ1) is 13.5. The van der Waals surface area contributed by atoms with E-state index in [0.717, 1.165) is 5.69 Å². The molecule has 1 N–H and O–H groups in total. The number of benzene rings is 1. The predicted octanol–water partition coefficient (Wildman–Crippen LogP) is 2.42. The fourth-order valence-electron chi connectivity index (χ4n) is 1.82. The fourth-order valence-corrected chi connectivity index (χ4v) is 2.18. The molecule has 8 heteroatoms. The van der Waals surface area contributed by atoms with Gasteiger partial charge in [0.2, 0.25) is 0 Å². The number of anilines is 2. The Hall–Kier alpha value is -2.48. The minimum absolute atomic E-state index is 0.372. The van der Waals surface area contributed by atoms with E-state index in [0.29, 0.717) is 21.6 Å². The van der Waals surface area contributed by atoms with Crippen LogP contribution < -0.4 is 5.32 Å². The minimum Gasteiger partial charge on any atom is -0.465 e. The Morgan fingerprint density at radius 2 is 2.05 bits per heavy atom. The summed E-state index contributed by atoms with van der Waals surface area (Å²) in [5.74, 6) is 0.199. The Labute approximate surface area is 128 Å². The zero-order valence-electron chi connectivity index (χ0n) is 10.9. The number of methoxy groups -OCH3 is 1. The Bertz CT molecular complexity index is 800. The molecule has 3 rings (SSSR count). The van der Waals surface area contributed by atoms with Gasteiger partial charge in [0.25, 0.3) is 0 Å². The number of carbonyl (C=O) groups is 1. The van der Waals surface area contributed by atoms with E-state index in [4.69, 9.17) is 0 Å². The van der Waals surface area contributed by atoms with E-state index in [1.165, 1.54) is 13.4 Å². The average molecular weight is 348 g/mol. The van der Waals surface area contributed by atoms with Crippen LogP contribution in [0.4, 0.5) is 11.5 Å². The third-order valence-electron chi connectivity index (χ3n) is 2.83. The van der Waals surface area contributed by atoms with Crippen LogP contribution in [0.25, 0.3) is 5.65 Å². The van der Waals surface area contributed by atoms with Crippen molar-refractivity contribution in [2.75, 3.05) is 12.4 Å². The summed E-state index contributed by atoms with van der Waals surface area (Å²) < 4.78 is 6.99. The van der Waals surface area contributed by atoms with Crippen LogP contribution in [0, 0.1) is 0 Å². The van der Waals surface area contributed by atoms with Gasteiger partial charge in [0, 0.05) is 5.69 Å². The lowest BCUT2D eigenvalue weighted by molar-refractivity contribution is 0.0601. The summed E-state index contributed by atoms with van der Waals surface area (Å²) in [5, 5.41) is 7.22. The third kappa shape index (κ3) is 2.57. The lowest BCUT2D eigenvalue weighted by atomic mass is 10.2. The number of ether oxygens (including phenoxy) is 1. The molecule has 3 aromatic rings. The van der Waals surface area contributed by atoms with Crippen LogP contribution in [-0.4, -0.2) is 32.7 Å². The molecule has 0 aliphatic rings. The molecule has 0 unspecified atom stereocenters. The van der Waals surface area contributed by atoms with Crippen molar-refractivity contribution in [3.05, 3.63) is 47.0 Å². The molecule has 106 valence electrons. The molecular weight excluding hydrogens is 338 g/mol. The quantitative estimate of drug-likeness (QED) is 0.732. The smallest absolute Gasteiger partial charge is 0.337 e. The third-order valence-corrected chi connectivity index (χ3v) is 3.37. The molecule has 0 fully saturated rings. The van der Waals surface area contributed by atoms with Crippen molar-refractivity contribution in [1.82, 2.24) is 19.6 Å². The van der Waals surface area contributed by atoms with Crippen molar-refractivity contribution in [1.29, 1.82) is 0 Å². The van der Waals surface area contributed by atoms with Crippen molar-refractivity contribution in [2.45, 2.75) is 0 Å². The molecule has 0 amide bonds. The van der Waals surface area contributed by atoms with Gasteiger partial charge >= 0.3 is 5.97 Å². The van der Waals surface area contributed by atoms with E-state index >= 15 is 0 Å². The highest BCUT2D eigenvalue weighted by atomic mass is 79.9. The lowest BCUT2D eigenvalue weighted by Gasteiger charge is -2.07. The van der Waals surface area contributed by atoms with Crippen LogP contribution in [0.15, 0.2) is 41.4 Å². The summed E-state index contributed by atoms with van der Waals surface area (Å²) in [4.78, 5) is 19.8. The average Bonchev–Trinajstić information content (AvgIpc) is 3.01. The van der Waals surface area contributed by atoms with Gasteiger partial charge in [0.05, 0.1) is 18.9 Å². The van der Waals surface area contributed by atoms with Crippen molar-refractivity contribution in [3.8, 4) is 0 Å². The summed E-state index contributed by atoms with van der Waals surface area (Å²) in [6, 6.07) is 6.88. The highest BCUT2D eigenvalue weighted by Gasteiger charge is 2.09. The van der Waals surface area contributed by atoms with Crippen molar-refractivity contribution in [3.63, 3.8) is 0 Å². The van der Waals surface area contributed by atoms with Crippen molar-refractivity contribution < 1.29 is 9.53 Å². The largest absolute Gasteiger partial charge is 0.465 e. The molecule has 0 saturated heterocycles. The summed E-state index contributed by atoms with van der Waals surface area (Å²) in [5.41, 5.74) is 1.86. The van der Waals surface area contributed by atoms with Crippen LogP contribution in [0.1, 0.15) is 10.4 Å². The summed E-state index contributed by atoms with van der Waals surface area (Å²) >= 11 is 3.35. The van der Waals surface area contributed by atoms with E-state index < -0.39 is 0 Å². The Morgan fingerprint density at radius 1 is 1.29 bits per heavy atom. The maximum atomic E-state index is 11.4. The van der Waals surface area contributed by atoms with Crippen molar-refractivity contribution >= 4 is 39.1 Å². The van der Waals surface area contributed by atoms with Gasteiger partial charge in [-0.2, -0.15) is 5.10 Å². The number of carbonyl (C=O) groups excluding carboxylic acids is 1.